The minimum absolute atomic E-state index is 0.0994. The Labute approximate surface area is 142 Å². The number of nitrogens with zero attached hydrogens (tertiary/aromatic N) is 3. The molecule has 1 unspecified atom stereocenters. The summed E-state index contributed by atoms with van der Waals surface area (Å²) in [5.41, 5.74) is 8.20. The third kappa shape index (κ3) is 2.96. The molecule has 0 radical (unpaired) electrons. The molecule has 1 atom stereocenters. The molecule has 1 aromatic heterocycles. The van der Waals surface area contributed by atoms with E-state index in [4.69, 9.17) is 20.2 Å². The lowest BCUT2D eigenvalue weighted by Crippen LogP contribution is -2.33. The molecule has 6 heteroatoms. The van der Waals surface area contributed by atoms with Crippen molar-refractivity contribution < 1.29 is 9.47 Å². The highest BCUT2D eigenvalue weighted by molar-refractivity contribution is 5.81. The highest BCUT2D eigenvalue weighted by Gasteiger charge is 2.20. The van der Waals surface area contributed by atoms with E-state index < -0.39 is 0 Å². The van der Waals surface area contributed by atoms with Gasteiger partial charge in [-0.1, -0.05) is 6.42 Å². The van der Waals surface area contributed by atoms with Crippen LogP contribution < -0.4 is 15.2 Å². The van der Waals surface area contributed by atoms with Crippen LogP contribution in [0.1, 0.15) is 38.1 Å². The first-order valence-electron chi connectivity index (χ1n) is 9.00. The average molecular weight is 330 g/mol. The van der Waals surface area contributed by atoms with Gasteiger partial charge in [0.05, 0.1) is 17.1 Å². The Morgan fingerprint density at radius 2 is 1.79 bits per heavy atom. The van der Waals surface area contributed by atoms with E-state index in [1.54, 1.807) is 0 Å². The van der Waals surface area contributed by atoms with Gasteiger partial charge in [-0.3, -0.25) is 0 Å². The molecule has 1 saturated heterocycles. The van der Waals surface area contributed by atoms with Gasteiger partial charge in [0.2, 0.25) is 0 Å². The second-order valence-corrected chi connectivity index (χ2v) is 6.80. The molecule has 6 nitrogen and oxygen atoms in total. The van der Waals surface area contributed by atoms with E-state index in [1.807, 2.05) is 13.0 Å². The molecule has 130 valence electrons. The van der Waals surface area contributed by atoms with Gasteiger partial charge in [-0.05, 0) is 32.9 Å². The summed E-state index contributed by atoms with van der Waals surface area (Å²) in [6.07, 6.45) is 3.98. The van der Waals surface area contributed by atoms with Crippen molar-refractivity contribution in [1.82, 2.24) is 14.5 Å². The predicted octanol–water partition coefficient (Wildman–Crippen LogP) is 2.31. The van der Waals surface area contributed by atoms with Crippen LogP contribution in [-0.4, -0.2) is 47.3 Å². The molecule has 2 N–H and O–H groups in total. The smallest absolute Gasteiger partial charge is 0.163 e. The van der Waals surface area contributed by atoms with Crippen LogP contribution in [0.15, 0.2) is 12.1 Å². The Hall–Kier alpha value is -1.79. The van der Waals surface area contributed by atoms with E-state index in [1.165, 1.54) is 32.4 Å². The van der Waals surface area contributed by atoms with Crippen molar-refractivity contribution in [3.63, 3.8) is 0 Å². The van der Waals surface area contributed by atoms with E-state index in [0.29, 0.717) is 13.2 Å². The van der Waals surface area contributed by atoms with Gasteiger partial charge in [0.25, 0.3) is 0 Å². The van der Waals surface area contributed by atoms with E-state index in [2.05, 4.69) is 15.5 Å². The summed E-state index contributed by atoms with van der Waals surface area (Å²) < 4.78 is 13.7. The maximum Gasteiger partial charge on any atom is 0.163 e. The first kappa shape index (κ1) is 15.7. The van der Waals surface area contributed by atoms with Crippen molar-refractivity contribution in [2.45, 2.75) is 38.8 Å². The van der Waals surface area contributed by atoms with Crippen LogP contribution in [0.25, 0.3) is 11.0 Å². The van der Waals surface area contributed by atoms with Crippen molar-refractivity contribution in [2.24, 2.45) is 5.73 Å². The summed E-state index contributed by atoms with van der Waals surface area (Å²) in [7, 11) is 0. The zero-order valence-electron chi connectivity index (χ0n) is 14.3. The Kier molecular flexibility index (Phi) is 4.33. The molecule has 0 bridgehead atoms. The molecule has 0 spiro atoms. The maximum absolute atomic E-state index is 6.18. The largest absolute Gasteiger partial charge is 0.486 e. The molecular weight excluding hydrogens is 304 g/mol. The molecule has 24 heavy (non-hydrogen) atoms. The molecule has 2 aliphatic rings. The number of hydrogen-bond acceptors (Lipinski definition) is 5. The maximum atomic E-state index is 6.18. The van der Waals surface area contributed by atoms with Crippen molar-refractivity contribution in [3.05, 3.63) is 18.0 Å². The average Bonchev–Trinajstić information content (AvgIpc) is 2.96. The molecule has 0 saturated carbocycles. The zero-order chi connectivity index (χ0) is 16.5. The molecule has 0 amide bonds. The van der Waals surface area contributed by atoms with E-state index in [9.17, 15) is 0 Å². The van der Waals surface area contributed by atoms with Crippen molar-refractivity contribution in [2.75, 3.05) is 32.8 Å². The van der Waals surface area contributed by atoms with E-state index in [0.717, 1.165) is 41.4 Å². The second kappa shape index (κ2) is 6.61. The minimum Gasteiger partial charge on any atom is -0.486 e. The minimum atomic E-state index is -0.0994. The summed E-state index contributed by atoms with van der Waals surface area (Å²) in [5.74, 6) is 2.53. The number of fused-ring (bicyclic) bond motifs is 2. The molecule has 2 aliphatic heterocycles. The topological polar surface area (TPSA) is 65.5 Å². The van der Waals surface area contributed by atoms with Gasteiger partial charge in [-0.15, -0.1) is 0 Å². The van der Waals surface area contributed by atoms with Gasteiger partial charge in [-0.2, -0.15) is 0 Å². The van der Waals surface area contributed by atoms with Gasteiger partial charge in [-0.25, -0.2) is 4.98 Å². The molecule has 1 aromatic carbocycles. The number of rotatable bonds is 4. The molecule has 0 aliphatic carbocycles. The van der Waals surface area contributed by atoms with Crippen molar-refractivity contribution >= 4 is 11.0 Å². The number of piperidine rings is 1. The van der Waals surface area contributed by atoms with Crippen LogP contribution in [0.4, 0.5) is 0 Å². The number of likely N-dealkylation sites (tertiary alicyclic amines) is 1. The standard InChI is InChI=1S/C18H26N4O2/c1-13(19)18-20-14-11-16-17(24-10-9-23-16)12-15(14)22(18)8-7-21-5-3-2-4-6-21/h11-13H,2-10,19H2,1H3. The summed E-state index contributed by atoms with van der Waals surface area (Å²) in [5, 5.41) is 0. The highest BCUT2D eigenvalue weighted by atomic mass is 16.6. The van der Waals surface area contributed by atoms with E-state index >= 15 is 0 Å². The van der Waals surface area contributed by atoms with E-state index in [-0.39, 0.29) is 6.04 Å². The molecule has 4 rings (SSSR count). The van der Waals surface area contributed by atoms with Gasteiger partial charge < -0.3 is 24.7 Å². The number of nitrogens with two attached hydrogens (primary N) is 1. The summed E-state index contributed by atoms with van der Waals surface area (Å²) in [6, 6.07) is 3.93. The van der Waals surface area contributed by atoms with Crippen LogP contribution in [0.3, 0.4) is 0 Å². The number of ether oxygens (including phenoxy) is 2. The third-order valence-corrected chi connectivity index (χ3v) is 4.94. The second-order valence-electron chi connectivity index (χ2n) is 6.80. The first-order chi connectivity index (χ1) is 11.7. The quantitative estimate of drug-likeness (QED) is 0.932. The van der Waals surface area contributed by atoms with Gasteiger partial charge in [0.1, 0.15) is 19.0 Å². The number of benzene rings is 1. The third-order valence-electron chi connectivity index (χ3n) is 4.94. The van der Waals surface area contributed by atoms with Crippen LogP contribution >= 0.6 is 0 Å². The lowest BCUT2D eigenvalue weighted by Gasteiger charge is -2.27. The normalized spacial score (nSPS) is 19.6. The van der Waals surface area contributed by atoms with Crippen molar-refractivity contribution in [1.29, 1.82) is 0 Å². The Morgan fingerprint density at radius 3 is 2.50 bits per heavy atom. The van der Waals surface area contributed by atoms with Crippen LogP contribution in [0.5, 0.6) is 11.5 Å². The fourth-order valence-electron chi connectivity index (χ4n) is 3.69. The Balaban J connectivity index is 1.66. The van der Waals surface area contributed by atoms with Crippen LogP contribution in [0.2, 0.25) is 0 Å². The molecule has 1 fully saturated rings. The summed E-state index contributed by atoms with van der Waals surface area (Å²) in [6.45, 7) is 7.53. The van der Waals surface area contributed by atoms with Gasteiger partial charge in [0.15, 0.2) is 11.5 Å². The SMILES string of the molecule is CC(N)c1nc2cc3c(cc2n1CCN1CCCCC1)OCCO3. The van der Waals surface area contributed by atoms with Gasteiger partial charge >= 0.3 is 0 Å². The lowest BCUT2D eigenvalue weighted by atomic mass is 10.1. The Bertz CT molecular complexity index is 719. The number of aromatic nitrogens is 2. The number of hydrogen-bond donors (Lipinski definition) is 1. The first-order valence-corrected chi connectivity index (χ1v) is 9.00. The fraction of sp³-hybridized carbons (Fsp3) is 0.611. The van der Waals surface area contributed by atoms with Crippen LogP contribution in [0, 0.1) is 0 Å². The fourth-order valence-corrected chi connectivity index (χ4v) is 3.69. The van der Waals surface area contributed by atoms with Crippen LogP contribution in [-0.2, 0) is 6.54 Å². The zero-order valence-corrected chi connectivity index (χ0v) is 14.3. The summed E-state index contributed by atoms with van der Waals surface area (Å²) in [4.78, 5) is 7.31. The Morgan fingerprint density at radius 1 is 1.08 bits per heavy atom. The molecule has 3 heterocycles. The molecular formula is C18H26N4O2. The predicted molar refractivity (Wildman–Crippen MR) is 93.6 cm³/mol. The lowest BCUT2D eigenvalue weighted by molar-refractivity contribution is 0.172. The molecule has 2 aromatic rings. The highest BCUT2D eigenvalue weighted by Crippen LogP contribution is 2.35. The van der Waals surface area contributed by atoms with Gasteiger partial charge in [0, 0.05) is 25.2 Å². The summed E-state index contributed by atoms with van der Waals surface area (Å²) >= 11 is 0. The van der Waals surface area contributed by atoms with Crippen molar-refractivity contribution in [3.8, 4) is 11.5 Å². The number of imidazole rings is 1. The monoisotopic (exact) mass is 330 g/mol.